The topological polar surface area (TPSA) is 77.8 Å². The van der Waals surface area contributed by atoms with Crippen LogP contribution in [0.2, 0.25) is 0 Å². The average Bonchev–Trinajstić information content (AvgIpc) is 2.97. The third kappa shape index (κ3) is 2.42. The number of aliphatic carboxylic acids is 1. The summed E-state index contributed by atoms with van der Waals surface area (Å²) in [4.78, 5) is 25.4. The van der Waals surface area contributed by atoms with Crippen molar-refractivity contribution in [3.8, 4) is 0 Å². The van der Waals surface area contributed by atoms with Gasteiger partial charge in [-0.2, -0.15) is 0 Å². The minimum absolute atomic E-state index is 0.0182. The molecule has 1 amide bonds. The molecule has 0 spiro atoms. The van der Waals surface area contributed by atoms with Gasteiger partial charge in [0.05, 0.1) is 18.4 Å². The van der Waals surface area contributed by atoms with Gasteiger partial charge in [-0.1, -0.05) is 18.2 Å². The summed E-state index contributed by atoms with van der Waals surface area (Å²) in [5, 5.41) is 18.3. The van der Waals surface area contributed by atoms with Crippen LogP contribution in [0.5, 0.6) is 0 Å². The van der Waals surface area contributed by atoms with E-state index in [0.29, 0.717) is 6.54 Å². The van der Waals surface area contributed by atoms with Crippen molar-refractivity contribution >= 4 is 11.9 Å². The summed E-state index contributed by atoms with van der Waals surface area (Å²) in [7, 11) is 0. The molecule has 2 bridgehead atoms. The minimum Gasteiger partial charge on any atom is -0.481 e. The lowest BCUT2D eigenvalue weighted by molar-refractivity contribution is -0.151. The molecule has 0 radical (unpaired) electrons. The first-order valence-corrected chi connectivity index (χ1v) is 6.51. The van der Waals surface area contributed by atoms with Crippen molar-refractivity contribution in [2.24, 2.45) is 23.7 Å². The minimum atomic E-state index is -0.905. The Labute approximate surface area is 112 Å². The summed E-state index contributed by atoms with van der Waals surface area (Å²) in [5.41, 5.74) is 0. The van der Waals surface area contributed by atoms with Crippen LogP contribution in [0.25, 0.3) is 0 Å². The Morgan fingerprint density at radius 2 is 1.95 bits per heavy atom. The zero-order valence-electron chi connectivity index (χ0n) is 10.7. The Hall–Kier alpha value is -1.62. The van der Waals surface area contributed by atoms with Gasteiger partial charge in [0.15, 0.2) is 0 Å². The van der Waals surface area contributed by atoms with E-state index < -0.39 is 17.8 Å². The Kier molecular flexibility index (Phi) is 4.04. The van der Waals surface area contributed by atoms with Crippen LogP contribution in [0.3, 0.4) is 0 Å². The molecule has 1 saturated carbocycles. The quantitative estimate of drug-likeness (QED) is 0.686. The van der Waals surface area contributed by atoms with E-state index >= 15 is 0 Å². The second-order valence-corrected chi connectivity index (χ2v) is 5.13. The van der Waals surface area contributed by atoms with Gasteiger partial charge in [-0.25, -0.2) is 0 Å². The maximum Gasteiger partial charge on any atom is 0.307 e. The Balaban J connectivity index is 2.18. The lowest BCUT2D eigenvalue weighted by Crippen LogP contribution is -2.44. The number of fused-ring (bicyclic) bond motifs is 2. The van der Waals surface area contributed by atoms with Crippen LogP contribution in [-0.4, -0.2) is 46.7 Å². The molecule has 104 valence electrons. The number of hydrogen-bond donors (Lipinski definition) is 2. The largest absolute Gasteiger partial charge is 0.481 e. The Bertz CT molecular complexity index is 418. The lowest BCUT2D eigenvalue weighted by atomic mass is 9.82. The van der Waals surface area contributed by atoms with Crippen molar-refractivity contribution in [3.63, 3.8) is 0 Å². The summed E-state index contributed by atoms with van der Waals surface area (Å²) in [5.74, 6) is -2.23. The van der Waals surface area contributed by atoms with Crippen molar-refractivity contribution in [2.75, 3.05) is 19.7 Å². The summed E-state index contributed by atoms with van der Waals surface area (Å²) in [6.45, 7) is 4.01. The fourth-order valence-corrected chi connectivity index (χ4v) is 3.27. The van der Waals surface area contributed by atoms with Crippen LogP contribution >= 0.6 is 0 Å². The molecule has 5 heteroatoms. The van der Waals surface area contributed by atoms with Crippen molar-refractivity contribution in [1.82, 2.24) is 4.90 Å². The SMILES string of the molecule is C=CCN(CCO)C(=O)C1C2C=CC(C2)C1C(=O)O. The van der Waals surface area contributed by atoms with Gasteiger partial charge >= 0.3 is 5.97 Å². The average molecular weight is 265 g/mol. The molecule has 2 aliphatic rings. The van der Waals surface area contributed by atoms with E-state index in [9.17, 15) is 14.7 Å². The molecule has 0 aliphatic heterocycles. The molecule has 1 fully saturated rings. The molecule has 2 aliphatic carbocycles. The maximum atomic E-state index is 12.5. The van der Waals surface area contributed by atoms with Crippen molar-refractivity contribution in [2.45, 2.75) is 6.42 Å². The summed E-state index contributed by atoms with van der Waals surface area (Å²) >= 11 is 0. The zero-order chi connectivity index (χ0) is 14.0. The summed E-state index contributed by atoms with van der Waals surface area (Å²) < 4.78 is 0. The van der Waals surface area contributed by atoms with E-state index in [2.05, 4.69) is 6.58 Å². The van der Waals surface area contributed by atoms with Crippen LogP contribution in [0.4, 0.5) is 0 Å². The number of nitrogens with zero attached hydrogens (tertiary/aromatic N) is 1. The molecule has 4 unspecified atom stereocenters. The highest BCUT2D eigenvalue weighted by Crippen LogP contribution is 2.48. The van der Waals surface area contributed by atoms with E-state index in [4.69, 9.17) is 5.11 Å². The standard InChI is InChI=1S/C14H19NO4/c1-2-5-15(6-7-16)13(17)11-9-3-4-10(8-9)12(11)14(18)19/h2-4,9-12,16H,1,5-8H2,(H,18,19). The number of carbonyl (C=O) groups excluding carboxylic acids is 1. The predicted octanol–water partition coefficient (Wildman–Crippen LogP) is 0.516. The van der Waals surface area contributed by atoms with Crippen LogP contribution in [-0.2, 0) is 9.59 Å². The zero-order valence-corrected chi connectivity index (χ0v) is 10.7. The highest BCUT2D eigenvalue weighted by molar-refractivity contribution is 5.87. The van der Waals surface area contributed by atoms with E-state index in [0.717, 1.165) is 6.42 Å². The molecule has 4 atom stereocenters. The smallest absolute Gasteiger partial charge is 0.307 e. The lowest BCUT2D eigenvalue weighted by Gasteiger charge is -2.30. The van der Waals surface area contributed by atoms with E-state index in [-0.39, 0.29) is 30.9 Å². The van der Waals surface area contributed by atoms with Gasteiger partial charge in [-0.3, -0.25) is 9.59 Å². The first-order chi connectivity index (χ1) is 9.10. The van der Waals surface area contributed by atoms with Crippen molar-refractivity contribution < 1.29 is 19.8 Å². The number of aliphatic hydroxyl groups is 1. The Morgan fingerprint density at radius 3 is 2.47 bits per heavy atom. The molecule has 0 aromatic rings. The van der Waals surface area contributed by atoms with E-state index in [1.165, 1.54) is 4.90 Å². The molecular formula is C14H19NO4. The third-order valence-corrected chi connectivity index (χ3v) is 4.06. The fraction of sp³-hybridized carbons (Fsp3) is 0.571. The first kappa shape index (κ1) is 13.8. The number of allylic oxidation sites excluding steroid dienone is 2. The predicted molar refractivity (Wildman–Crippen MR) is 69.2 cm³/mol. The highest BCUT2D eigenvalue weighted by atomic mass is 16.4. The van der Waals surface area contributed by atoms with Gasteiger partial charge in [0, 0.05) is 13.1 Å². The summed E-state index contributed by atoms with van der Waals surface area (Å²) in [6.07, 6.45) is 6.20. The Morgan fingerprint density at radius 1 is 1.32 bits per heavy atom. The molecule has 2 N–H and O–H groups in total. The molecule has 0 saturated heterocycles. The second kappa shape index (κ2) is 5.57. The number of carboxylic acids is 1. The van der Waals surface area contributed by atoms with Gasteiger partial charge in [0.25, 0.3) is 0 Å². The summed E-state index contributed by atoms with van der Waals surface area (Å²) in [6, 6.07) is 0. The fourth-order valence-electron chi connectivity index (χ4n) is 3.27. The monoisotopic (exact) mass is 265 g/mol. The van der Waals surface area contributed by atoms with Crippen molar-refractivity contribution in [3.05, 3.63) is 24.8 Å². The molecule has 5 nitrogen and oxygen atoms in total. The normalized spacial score (nSPS) is 31.4. The van der Waals surface area contributed by atoms with E-state index in [1.807, 2.05) is 12.2 Å². The van der Waals surface area contributed by atoms with Gasteiger partial charge in [-0.05, 0) is 18.3 Å². The van der Waals surface area contributed by atoms with Crippen LogP contribution in [0, 0.1) is 23.7 Å². The number of carbonyl (C=O) groups is 2. The molecule has 19 heavy (non-hydrogen) atoms. The van der Waals surface area contributed by atoms with Gasteiger partial charge < -0.3 is 15.1 Å². The van der Waals surface area contributed by atoms with Crippen LogP contribution in [0.15, 0.2) is 24.8 Å². The molecule has 0 aromatic heterocycles. The molecular weight excluding hydrogens is 246 g/mol. The third-order valence-electron chi connectivity index (χ3n) is 4.06. The van der Waals surface area contributed by atoms with Gasteiger partial charge in [0.1, 0.15) is 0 Å². The van der Waals surface area contributed by atoms with Crippen LogP contribution < -0.4 is 0 Å². The highest BCUT2D eigenvalue weighted by Gasteiger charge is 2.52. The van der Waals surface area contributed by atoms with Gasteiger partial charge in [0.2, 0.25) is 5.91 Å². The molecule has 0 aromatic carbocycles. The van der Waals surface area contributed by atoms with E-state index in [1.54, 1.807) is 6.08 Å². The first-order valence-electron chi connectivity index (χ1n) is 6.51. The number of aliphatic hydroxyl groups excluding tert-OH is 1. The van der Waals surface area contributed by atoms with Crippen LogP contribution in [0.1, 0.15) is 6.42 Å². The number of hydrogen-bond acceptors (Lipinski definition) is 3. The number of rotatable bonds is 6. The number of carboxylic acid groups (broad SMARTS) is 1. The maximum absolute atomic E-state index is 12.5. The molecule has 2 rings (SSSR count). The second-order valence-electron chi connectivity index (χ2n) is 5.13. The number of amides is 1. The van der Waals surface area contributed by atoms with Gasteiger partial charge in [-0.15, -0.1) is 6.58 Å². The molecule has 0 heterocycles. The van der Waals surface area contributed by atoms with Crippen molar-refractivity contribution in [1.29, 1.82) is 0 Å².